The van der Waals surface area contributed by atoms with E-state index in [1.165, 1.54) is 6.07 Å². The topological polar surface area (TPSA) is 12.4 Å². The molecule has 0 atom stereocenters. The molecule has 0 saturated heterocycles. The molecule has 74 valence electrons. The Kier molecular flexibility index (Phi) is 1.87. The van der Waals surface area contributed by atoms with Crippen molar-refractivity contribution in [1.82, 2.24) is 0 Å². The molecule has 0 fully saturated rings. The Morgan fingerprint density at radius 1 is 1.29 bits per heavy atom. The highest BCUT2D eigenvalue weighted by Crippen LogP contribution is 2.38. The van der Waals surface area contributed by atoms with Crippen LogP contribution in [0, 0.1) is 0 Å². The first-order chi connectivity index (χ1) is 6.48. The third kappa shape index (κ3) is 1.41. The van der Waals surface area contributed by atoms with Gasteiger partial charge < -0.3 is 0 Å². The summed E-state index contributed by atoms with van der Waals surface area (Å²) in [6, 6.07) is 4.11. The molecule has 2 rings (SSSR count). The van der Waals surface area contributed by atoms with Gasteiger partial charge in [0.1, 0.15) is 0 Å². The summed E-state index contributed by atoms with van der Waals surface area (Å²) in [4.78, 5) is 4.04. The van der Waals surface area contributed by atoms with Crippen LogP contribution in [0.15, 0.2) is 23.2 Å². The smallest absolute Gasteiger partial charge is 0.257 e. The average molecular weight is 199 g/mol. The molecule has 1 aliphatic heterocycles. The van der Waals surface area contributed by atoms with E-state index in [1.54, 1.807) is 13.0 Å². The fourth-order valence-electron chi connectivity index (χ4n) is 1.63. The molecule has 4 heteroatoms. The van der Waals surface area contributed by atoms with Gasteiger partial charge in [-0.15, -0.1) is 0 Å². The van der Waals surface area contributed by atoms with Gasteiger partial charge in [-0.05, 0) is 24.6 Å². The van der Waals surface area contributed by atoms with Crippen LogP contribution in [0.2, 0.25) is 0 Å². The Hall–Kier alpha value is -1.32. The molecule has 0 saturated carbocycles. The minimum absolute atomic E-state index is 0.303. The van der Waals surface area contributed by atoms with E-state index in [9.17, 15) is 13.2 Å². The van der Waals surface area contributed by atoms with Crippen LogP contribution < -0.4 is 0 Å². The lowest BCUT2D eigenvalue weighted by molar-refractivity contribution is -0.138. The Labute approximate surface area is 79.3 Å². The highest BCUT2D eigenvalue weighted by Gasteiger charge is 2.35. The van der Waals surface area contributed by atoms with E-state index in [-0.39, 0.29) is 0 Å². The van der Waals surface area contributed by atoms with Crippen molar-refractivity contribution in [2.45, 2.75) is 19.5 Å². The van der Waals surface area contributed by atoms with Gasteiger partial charge in [0.25, 0.3) is 0 Å². The molecule has 0 spiro atoms. The summed E-state index contributed by atoms with van der Waals surface area (Å²) in [6.07, 6.45) is -3.96. The number of hydrogen-bond donors (Lipinski definition) is 0. The summed E-state index contributed by atoms with van der Waals surface area (Å²) in [6.45, 7) is 1.74. The molecule has 0 bridgehead atoms. The van der Waals surface area contributed by atoms with E-state index < -0.39 is 11.7 Å². The third-order valence-electron chi connectivity index (χ3n) is 2.20. The Morgan fingerprint density at radius 2 is 2.00 bits per heavy atom. The van der Waals surface area contributed by atoms with Crippen molar-refractivity contribution in [2.24, 2.45) is 4.99 Å². The van der Waals surface area contributed by atoms with Crippen LogP contribution in [-0.4, -0.2) is 5.71 Å². The van der Waals surface area contributed by atoms with Crippen molar-refractivity contribution < 1.29 is 13.2 Å². The SMILES string of the molecule is CC1=Nc2cccc(C(F)(F)F)c2C1. The first-order valence-electron chi connectivity index (χ1n) is 4.22. The zero-order chi connectivity index (χ0) is 10.3. The highest BCUT2D eigenvalue weighted by atomic mass is 19.4. The molecule has 0 amide bonds. The molecule has 0 unspecified atom stereocenters. The quantitative estimate of drug-likeness (QED) is 0.607. The summed E-state index contributed by atoms with van der Waals surface area (Å²) in [5, 5.41) is 0. The summed E-state index contributed by atoms with van der Waals surface area (Å²) in [7, 11) is 0. The van der Waals surface area contributed by atoms with E-state index in [4.69, 9.17) is 0 Å². The molecule has 1 aliphatic rings. The van der Waals surface area contributed by atoms with Crippen LogP contribution in [0.3, 0.4) is 0 Å². The zero-order valence-corrected chi connectivity index (χ0v) is 7.52. The number of hydrogen-bond acceptors (Lipinski definition) is 1. The van der Waals surface area contributed by atoms with Gasteiger partial charge in [0.2, 0.25) is 0 Å². The molecule has 1 nitrogen and oxygen atoms in total. The lowest BCUT2D eigenvalue weighted by Gasteiger charge is -2.10. The minimum atomic E-state index is -4.27. The fraction of sp³-hybridized carbons (Fsp3) is 0.300. The lowest BCUT2D eigenvalue weighted by Crippen LogP contribution is -2.08. The second-order valence-electron chi connectivity index (χ2n) is 3.32. The van der Waals surface area contributed by atoms with Crippen molar-refractivity contribution >= 4 is 11.4 Å². The van der Waals surface area contributed by atoms with Gasteiger partial charge >= 0.3 is 6.18 Å². The average Bonchev–Trinajstić information content (AvgIpc) is 2.41. The van der Waals surface area contributed by atoms with E-state index >= 15 is 0 Å². The fourth-order valence-corrected chi connectivity index (χ4v) is 1.63. The van der Waals surface area contributed by atoms with Crippen LogP contribution in [0.5, 0.6) is 0 Å². The second kappa shape index (κ2) is 2.83. The summed E-state index contributed by atoms with van der Waals surface area (Å²) < 4.78 is 37.6. The van der Waals surface area contributed by atoms with Crippen molar-refractivity contribution in [3.63, 3.8) is 0 Å². The van der Waals surface area contributed by atoms with Crippen LogP contribution in [0.25, 0.3) is 0 Å². The second-order valence-corrected chi connectivity index (χ2v) is 3.32. The monoisotopic (exact) mass is 199 g/mol. The lowest BCUT2D eigenvalue weighted by atomic mass is 10.0. The molecule has 1 aromatic rings. The van der Waals surface area contributed by atoms with Gasteiger partial charge in [0.15, 0.2) is 0 Å². The van der Waals surface area contributed by atoms with Crippen molar-refractivity contribution in [1.29, 1.82) is 0 Å². The standard InChI is InChI=1S/C10H8F3N/c1-6-5-7-8(10(11,12)13)3-2-4-9(7)14-6/h2-4H,5H2,1H3. The van der Waals surface area contributed by atoms with Gasteiger partial charge in [0.05, 0.1) is 11.3 Å². The van der Waals surface area contributed by atoms with Gasteiger partial charge in [0, 0.05) is 12.1 Å². The van der Waals surface area contributed by atoms with E-state index in [1.807, 2.05) is 0 Å². The first-order valence-corrected chi connectivity index (χ1v) is 4.22. The van der Waals surface area contributed by atoms with E-state index in [0.29, 0.717) is 17.7 Å². The van der Waals surface area contributed by atoms with Crippen molar-refractivity contribution in [3.05, 3.63) is 29.3 Å². The number of aliphatic imine (C=N–C) groups is 1. The van der Waals surface area contributed by atoms with Gasteiger partial charge in [-0.25, -0.2) is 0 Å². The Balaban J connectivity index is 2.55. The van der Waals surface area contributed by atoms with Gasteiger partial charge in [-0.1, -0.05) is 6.07 Å². The molecule has 0 aromatic heterocycles. The van der Waals surface area contributed by atoms with Gasteiger partial charge in [-0.3, -0.25) is 4.99 Å². The predicted octanol–water partition coefficient (Wildman–Crippen LogP) is 3.35. The van der Waals surface area contributed by atoms with Crippen LogP contribution in [0.4, 0.5) is 18.9 Å². The van der Waals surface area contributed by atoms with Crippen LogP contribution in [-0.2, 0) is 12.6 Å². The summed E-state index contributed by atoms with van der Waals surface area (Å²) in [5.41, 5.74) is 0.933. The number of rotatable bonds is 0. The predicted molar refractivity (Wildman–Crippen MR) is 47.9 cm³/mol. The molecule has 14 heavy (non-hydrogen) atoms. The Bertz CT molecular complexity index is 404. The highest BCUT2D eigenvalue weighted by molar-refractivity contribution is 5.92. The zero-order valence-electron chi connectivity index (χ0n) is 7.52. The molecule has 0 N–H and O–H groups in total. The van der Waals surface area contributed by atoms with Crippen LogP contribution in [0.1, 0.15) is 18.1 Å². The van der Waals surface area contributed by atoms with Crippen molar-refractivity contribution in [3.8, 4) is 0 Å². The summed E-state index contributed by atoms with van der Waals surface area (Å²) in [5.74, 6) is 0. The molecule has 0 aliphatic carbocycles. The molecular formula is C10H8F3N. The number of nitrogens with zero attached hydrogens (tertiary/aromatic N) is 1. The Morgan fingerprint density at radius 3 is 2.64 bits per heavy atom. The summed E-state index contributed by atoms with van der Waals surface area (Å²) >= 11 is 0. The molecular weight excluding hydrogens is 191 g/mol. The van der Waals surface area contributed by atoms with Crippen LogP contribution >= 0.6 is 0 Å². The largest absolute Gasteiger partial charge is 0.416 e. The maximum atomic E-state index is 12.5. The number of benzene rings is 1. The maximum absolute atomic E-state index is 12.5. The number of halogens is 3. The molecule has 1 aromatic carbocycles. The third-order valence-corrected chi connectivity index (χ3v) is 2.20. The normalized spacial score (nSPS) is 15.3. The molecule has 1 heterocycles. The number of alkyl halides is 3. The van der Waals surface area contributed by atoms with Gasteiger partial charge in [-0.2, -0.15) is 13.2 Å². The van der Waals surface area contributed by atoms with Crippen molar-refractivity contribution in [2.75, 3.05) is 0 Å². The van der Waals surface area contributed by atoms with E-state index in [0.717, 1.165) is 11.8 Å². The first kappa shape index (κ1) is 9.24. The minimum Gasteiger partial charge on any atom is -0.257 e. The maximum Gasteiger partial charge on any atom is 0.416 e. The van der Waals surface area contributed by atoms with E-state index in [2.05, 4.69) is 4.99 Å². The molecule has 0 radical (unpaired) electrons. The number of fused-ring (bicyclic) bond motifs is 1.